The summed E-state index contributed by atoms with van der Waals surface area (Å²) < 4.78 is 4.87. The predicted molar refractivity (Wildman–Crippen MR) is 193 cm³/mol. The van der Waals surface area contributed by atoms with Gasteiger partial charge in [0.25, 0.3) is 0 Å². The zero-order valence-electron chi connectivity index (χ0n) is 28.7. The average molecular weight is 661 g/mol. The number of hydrogen-bond acceptors (Lipinski definition) is 7. The fourth-order valence-corrected chi connectivity index (χ4v) is 5.13. The van der Waals surface area contributed by atoms with Crippen LogP contribution in [0.5, 0.6) is 0 Å². The van der Waals surface area contributed by atoms with E-state index in [9.17, 15) is 9.59 Å². The second-order valence-corrected chi connectivity index (χ2v) is 12.1. The maximum atomic E-state index is 12.3. The van der Waals surface area contributed by atoms with E-state index >= 15 is 0 Å². The highest BCUT2D eigenvalue weighted by Crippen LogP contribution is 2.40. The SMILES string of the molecule is CC.Cc1cnn(CC(=O)Nc2ccc(C(C)C)cc2)c1.Nc1nc2cc(-c3cnn(CC(=O)Nc4ccc(C5CC5)cc4)c3)ccn2n1. The van der Waals surface area contributed by atoms with Gasteiger partial charge in [0.2, 0.25) is 17.8 Å². The van der Waals surface area contributed by atoms with Crippen LogP contribution in [0, 0.1) is 6.92 Å². The lowest BCUT2D eigenvalue weighted by Gasteiger charge is -2.08. The molecule has 0 radical (unpaired) electrons. The number of rotatable bonds is 9. The molecule has 0 atom stereocenters. The van der Waals surface area contributed by atoms with Crippen molar-refractivity contribution in [3.8, 4) is 11.1 Å². The van der Waals surface area contributed by atoms with Crippen molar-refractivity contribution in [3.05, 3.63) is 108 Å². The molecule has 1 fully saturated rings. The molecular formula is C37H44N10O2. The van der Waals surface area contributed by atoms with Crippen LogP contribution >= 0.6 is 0 Å². The molecule has 1 aliphatic carbocycles. The number of benzene rings is 2. The fourth-order valence-electron chi connectivity index (χ4n) is 5.13. The largest absolute Gasteiger partial charge is 0.366 e. The first-order chi connectivity index (χ1) is 23.7. The molecule has 0 bridgehead atoms. The summed E-state index contributed by atoms with van der Waals surface area (Å²) in [5, 5.41) is 18.2. The Kier molecular flexibility index (Phi) is 11.2. The van der Waals surface area contributed by atoms with Crippen LogP contribution in [0.3, 0.4) is 0 Å². The lowest BCUT2D eigenvalue weighted by atomic mass is 10.0. The van der Waals surface area contributed by atoms with E-state index in [1.54, 1.807) is 32.5 Å². The number of amides is 2. The highest BCUT2D eigenvalue weighted by Gasteiger charge is 2.23. The summed E-state index contributed by atoms with van der Waals surface area (Å²) in [7, 11) is 0. The van der Waals surface area contributed by atoms with Gasteiger partial charge in [0.05, 0.1) is 12.4 Å². The number of carbonyl (C=O) groups is 2. The Morgan fingerprint density at radius 1 is 0.837 bits per heavy atom. The Morgan fingerprint density at radius 3 is 2.00 bits per heavy atom. The number of nitrogens with one attached hydrogen (secondary N) is 2. The van der Waals surface area contributed by atoms with Crippen LogP contribution in [0.1, 0.15) is 69.1 Å². The third kappa shape index (κ3) is 9.63. The molecule has 12 nitrogen and oxygen atoms in total. The Balaban J connectivity index is 0.000000195. The maximum Gasteiger partial charge on any atom is 0.246 e. The van der Waals surface area contributed by atoms with Crippen LogP contribution < -0.4 is 16.4 Å². The molecule has 1 aliphatic rings. The predicted octanol–water partition coefficient (Wildman–Crippen LogP) is 6.67. The van der Waals surface area contributed by atoms with Crippen molar-refractivity contribution in [1.29, 1.82) is 0 Å². The van der Waals surface area contributed by atoms with Crippen LogP contribution in [0.2, 0.25) is 0 Å². The van der Waals surface area contributed by atoms with E-state index in [1.807, 2.05) is 81.7 Å². The molecule has 12 heteroatoms. The average Bonchev–Trinajstić information content (AvgIpc) is 3.51. The minimum Gasteiger partial charge on any atom is -0.366 e. The Bertz CT molecular complexity index is 1980. The van der Waals surface area contributed by atoms with E-state index in [2.05, 4.69) is 56.9 Å². The quantitative estimate of drug-likeness (QED) is 0.157. The van der Waals surface area contributed by atoms with E-state index < -0.39 is 0 Å². The molecule has 4 heterocycles. The monoisotopic (exact) mass is 660 g/mol. The Labute approximate surface area is 286 Å². The van der Waals surface area contributed by atoms with E-state index in [-0.39, 0.29) is 30.9 Å². The van der Waals surface area contributed by atoms with Gasteiger partial charge in [0.15, 0.2) is 5.65 Å². The number of pyridine rings is 1. The lowest BCUT2D eigenvalue weighted by molar-refractivity contribution is -0.117. The van der Waals surface area contributed by atoms with Gasteiger partial charge in [0, 0.05) is 35.5 Å². The standard InChI is InChI=1S/C20H19N7O.C15H19N3O.C2H6/c21-20-24-18-9-15(7-8-27(18)25-20)16-10-22-26(11-16)12-19(28)23-17-5-3-14(4-6-17)13-1-2-13;1-11(2)13-4-6-14(7-5-13)17-15(19)10-18-9-12(3)8-16-18;1-2/h3-11,13H,1-2,12H2,(H2,21,25)(H,23,28);4-9,11H,10H2,1-3H3,(H,17,19);1-2H3. The summed E-state index contributed by atoms with van der Waals surface area (Å²) in [6.07, 6.45) is 11.5. The zero-order chi connectivity index (χ0) is 34.9. The molecule has 2 aromatic carbocycles. The molecule has 4 N–H and O–H groups in total. The summed E-state index contributed by atoms with van der Waals surface area (Å²) in [4.78, 5) is 28.3. The van der Waals surface area contributed by atoms with Gasteiger partial charge >= 0.3 is 0 Å². The molecule has 254 valence electrons. The molecule has 49 heavy (non-hydrogen) atoms. The zero-order valence-corrected chi connectivity index (χ0v) is 28.7. The minimum atomic E-state index is -0.116. The third-order valence-electron chi connectivity index (χ3n) is 7.80. The summed E-state index contributed by atoms with van der Waals surface area (Å²) in [6, 6.07) is 19.8. The van der Waals surface area contributed by atoms with Gasteiger partial charge in [-0.25, -0.2) is 4.52 Å². The number of aromatic nitrogens is 7. The molecule has 0 saturated heterocycles. The molecule has 1 saturated carbocycles. The molecule has 7 rings (SSSR count). The molecule has 4 aromatic heterocycles. The van der Waals surface area contributed by atoms with Crippen molar-refractivity contribution in [2.24, 2.45) is 0 Å². The molecule has 0 spiro atoms. The molecule has 0 aliphatic heterocycles. The van der Waals surface area contributed by atoms with E-state index in [4.69, 9.17) is 5.73 Å². The lowest BCUT2D eigenvalue weighted by Crippen LogP contribution is -2.18. The van der Waals surface area contributed by atoms with Gasteiger partial charge in [-0.05, 0) is 90.3 Å². The number of anilines is 3. The second-order valence-electron chi connectivity index (χ2n) is 12.1. The van der Waals surface area contributed by atoms with Crippen LogP contribution in [0.15, 0.2) is 91.6 Å². The fraction of sp³-hybridized carbons (Fsp3) is 0.297. The number of nitrogen functional groups attached to an aromatic ring is 1. The highest BCUT2D eigenvalue weighted by molar-refractivity contribution is 5.91. The number of nitrogens with zero attached hydrogens (tertiary/aromatic N) is 7. The summed E-state index contributed by atoms with van der Waals surface area (Å²) in [6.45, 7) is 10.6. The van der Waals surface area contributed by atoms with Gasteiger partial charge in [0.1, 0.15) is 13.1 Å². The van der Waals surface area contributed by atoms with E-state index in [1.165, 1.54) is 24.0 Å². The van der Waals surface area contributed by atoms with Crippen LogP contribution in [0.4, 0.5) is 17.3 Å². The molecule has 6 aromatic rings. The normalized spacial score (nSPS) is 12.1. The van der Waals surface area contributed by atoms with E-state index in [0.717, 1.165) is 28.1 Å². The van der Waals surface area contributed by atoms with Gasteiger partial charge < -0.3 is 16.4 Å². The molecule has 0 unspecified atom stereocenters. The maximum absolute atomic E-state index is 12.3. The molecule has 2 amide bonds. The van der Waals surface area contributed by atoms with Crippen molar-refractivity contribution in [3.63, 3.8) is 0 Å². The number of aryl methyl sites for hydroxylation is 1. The summed E-state index contributed by atoms with van der Waals surface area (Å²) >= 11 is 0. The Hall–Kier alpha value is -5.78. The van der Waals surface area contributed by atoms with Gasteiger partial charge in [-0.1, -0.05) is 52.0 Å². The minimum absolute atomic E-state index is 0.0691. The topological polar surface area (TPSA) is 150 Å². The third-order valence-corrected chi connectivity index (χ3v) is 7.80. The first-order valence-electron chi connectivity index (χ1n) is 16.6. The number of fused-ring (bicyclic) bond motifs is 1. The van der Waals surface area contributed by atoms with Crippen molar-refractivity contribution in [2.45, 2.75) is 72.4 Å². The first-order valence-corrected chi connectivity index (χ1v) is 16.6. The number of carbonyl (C=O) groups excluding carboxylic acids is 2. The van der Waals surface area contributed by atoms with E-state index in [0.29, 0.717) is 17.5 Å². The van der Waals surface area contributed by atoms with Crippen LogP contribution in [-0.4, -0.2) is 46.0 Å². The summed E-state index contributed by atoms with van der Waals surface area (Å²) in [5.74, 6) is 1.25. The summed E-state index contributed by atoms with van der Waals surface area (Å²) in [5.41, 5.74) is 13.4. The van der Waals surface area contributed by atoms with Crippen molar-refractivity contribution >= 4 is 34.8 Å². The second kappa shape index (κ2) is 15.9. The molecular weight excluding hydrogens is 616 g/mol. The van der Waals surface area contributed by atoms with Crippen molar-refractivity contribution < 1.29 is 9.59 Å². The van der Waals surface area contributed by atoms with Gasteiger partial charge in [-0.15, -0.1) is 5.10 Å². The van der Waals surface area contributed by atoms with Crippen molar-refractivity contribution in [1.82, 2.24) is 34.2 Å². The van der Waals surface area contributed by atoms with Gasteiger partial charge in [-0.2, -0.15) is 15.2 Å². The van der Waals surface area contributed by atoms with Crippen LogP contribution in [-0.2, 0) is 22.7 Å². The number of nitrogens with two attached hydrogens (primary N) is 1. The number of hydrogen-bond donors (Lipinski definition) is 3. The van der Waals surface area contributed by atoms with Crippen molar-refractivity contribution in [2.75, 3.05) is 16.4 Å². The van der Waals surface area contributed by atoms with Crippen LogP contribution in [0.25, 0.3) is 16.8 Å². The Morgan fingerprint density at radius 2 is 1.43 bits per heavy atom. The smallest absolute Gasteiger partial charge is 0.246 e. The first kappa shape index (κ1) is 34.6. The highest BCUT2D eigenvalue weighted by atomic mass is 16.2. The van der Waals surface area contributed by atoms with Gasteiger partial charge in [-0.3, -0.25) is 19.0 Å².